The quantitative estimate of drug-likeness (QED) is 0.545. The van der Waals surface area contributed by atoms with Crippen molar-refractivity contribution in [3.63, 3.8) is 0 Å². The number of benzene rings is 2. The van der Waals surface area contributed by atoms with Gasteiger partial charge < -0.3 is 4.90 Å². The maximum absolute atomic E-state index is 12.3. The highest BCUT2D eigenvalue weighted by Crippen LogP contribution is 2.37. The first-order valence-electron chi connectivity index (χ1n) is 10.1. The van der Waals surface area contributed by atoms with E-state index in [1.165, 1.54) is 38.7 Å². The average Bonchev–Trinajstić information content (AvgIpc) is 2.82. The highest BCUT2D eigenvalue weighted by atomic mass is 79.9. The van der Waals surface area contributed by atoms with E-state index in [2.05, 4.69) is 69.4 Å². The van der Waals surface area contributed by atoms with Crippen LogP contribution in [0, 0.1) is 5.92 Å². The van der Waals surface area contributed by atoms with Crippen LogP contribution in [0.3, 0.4) is 0 Å². The van der Waals surface area contributed by atoms with Crippen molar-refractivity contribution in [2.45, 2.75) is 32.1 Å². The first-order chi connectivity index (χ1) is 13.2. The molecule has 1 aliphatic carbocycles. The number of fused-ring (bicyclic) bond motifs is 1. The molecule has 4 rings (SSSR count). The fourth-order valence-corrected chi connectivity index (χ4v) is 5.14. The van der Waals surface area contributed by atoms with Gasteiger partial charge in [-0.25, -0.2) is 0 Å². The van der Waals surface area contributed by atoms with E-state index in [1.807, 2.05) is 0 Å². The number of alkyl halides is 1. The van der Waals surface area contributed by atoms with Gasteiger partial charge in [-0.15, -0.1) is 0 Å². The van der Waals surface area contributed by atoms with Gasteiger partial charge in [0.2, 0.25) is 0 Å². The van der Waals surface area contributed by atoms with Gasteiger partial charge >= 0.3 is 0 Å². The number of aryl methyl sites for hydroxylation is 1. The molecule has 1 heterocycles. The van der Waals surface area contributed by atoms with Crippen LogP contribution in [0.15, 0.2) is 53.0 Å². The molecule has 0 amide bonds. The van der Waals surface area contributed by atoms with Crippen LogP contribution in [0.2, 0.25) is 0 Å². The summed E-state index contributed by atoms with van der Waals surface area (Å²) in [6.07, 6.45) is 5.24. The maximum Gasteiger partial charge on any atom is 0.0906 e. The number of nitrogens with zero attached hydrogens (tertiary/aromatic N) is 1. The molecule has 1 fully saturated rings. The summed E-state index contributed by atoms with van der Waals surface area (Å²) in [4.78, 5) is 2.36. The van der Waals surface area contributed by atoms with Crippen LogP contribution in [0.5, 0.6) is 0 Å². The van der Waals surface area contributed by atoms with Crippen molar-refractivity contribution in [3.8, 4) is 0 Å². The summed E-state index contributed by atoms with van der Waals surface area (Å²) < 4.78 is 13.6. The molecule has 0 bridgehead atoms. The van der Waals surface area contributed by atoms with Crippen molar-refractivity contribution in [1.29, 1.82) is 0 Å². The zero-order valence-corrected chi connectivity index (χ0v) is 17.3. The molecular weight excluding hydrogens is 401 g/mol. The number of hydrogen-bond donors (Lipinski definition) is 0. The lowest BCUT2D eigenvalue weighted by molar-refractivity contribution is 0.0968. The van der Waals surface area contributed by atoms with Gasteiger partial charge in [-0.3, -0.25) is 4.39 Å². The Kier molecular flexibility index (Phi) is 6.09. The molecule has 0 saturated carbocycles. The van der Waals surface area contributed by atoms with E-state index in [1.54, 1.807) is 0 Å². The van der Waals surface area contributed by atoms with Crippen molar-refractivity contribution >= 4 is 21.5 Å². The number of allylic oxidation sites excluding steroid dienone is 1. The van der Waals surface area contributed by atoms with E-state index in [0.29, 0.717) is 6.42 Å². The van der Waals surface area contributed by atoms with Crippen LogP contribution in [0.25, 0.3) is 5.57 Å². The first-order valence-corrected chi connectivity index (χ1v) is 10.9. The van der Waals surface area contributed by atoms with Gasteiger partial charge in [-0.1, -0.05) is 64.5 Å². The molecule has 0 N–H and O–H groups in total. The Morgan fingerprint density at radius 2 is 1.78 bits per heavy atom. The van der Waals surface area contributed by atoms with Gasteiger partial charge in [0, 0.05) is 24.1 Å². The summed E-state index contributed by atoms with van der Waals surface area (Å²) in [6, 6.07) is 18.0. The second-order valence-corrected chi connectivity index (χ2v) is 8.82. The van der Waals surface area contributed by atoms with Gasteiger partial charge in [-0.05, 0) is 65.8 Å². The summed E-state index contributed by atoms with van der Waals surface area (Å²) >= 11 is 3.87. The lowest BCUT2D eigenvalue weighted by Crippen LogP contribution is -2.47. The van der Waals surface area contributed by atoms with Crippen LogP contribution >= 0.6 is 15.9 Å². The molecule has 0 radical (unpaired) electrons. The lowest BCUT2D eigenvalue weighted by atomic mass is 9.90. The van der Waals surface area contributed by atoms with E-state index in [4.69, 9.17) is 0 Å². The average molecular weight is 428 g/mol. The fourth-order valence-electron chi connectivity index (χ4n) is 4.41. The number of halogens is 2. The number of likely N-dealkylation sites (tertiary alicyclic amines) is 1. The van der Waals surface area contributed by atoms with E-state index >= 15 is 0 Å². The van der Waals surface area contributed by atoms with Crippen molar-refractivity contribution in [3.05, 3.63) is 75.3 Å². The van der Waals surface area contributed by atoms with Gasteiger partial charge in [0.25, 0.3) is 0 Å². The lowest BCUT2D eigenvalue weighted by Gasteiger charge is -2.39. The minimum atomic E-state index is -0.197. The van der Waals surface area contributed by atoms with Crippen LogP contribution in [-0.4, -0.2) is 31.2 Å². The van der Waals surface area contributed by atoms with Gasteiger partial charge in [0.05, 0.1) is 6.67 Å². The minimum Gasteiger partial charge on any atom is -0.303 e. The maximum atomic E-state index is 12.3. The first kappa shape index (κ1) is 18.9. The molecule has 1 nitrogen and oxygen atoms in total. The zero-order valence-electron chi connectivity index (χ0n) is 15.8. The molecule has 0 aromatic heterocycles. The highest BCUT2D eigenvalue weighted by Gasteiger charge is 2.26. The van der Waals surface area contributed by atoms with Crippen molar-refractivity contribution in [2.24, 2.45) is 5.92 Å². The van der Waals surface area contributed by atoms with Crippen LogP contribution in [-0.2, 0) is 12.8 Å². The standard InChI is InChI=1S/C24H27BrFN/c25-23-8-3-6-20-5-1-2-7-22(20)24(23)21-11-9-18(10-12-21)15-19-16-27(17-19)14-4-13-26/h1-2,5,7,9-12,19H,3-4,6,8,13-17H2. The van der Waals surface area contributed by atoms with E-state index in [-0.39, 0.29) is 6.67 Å². The Morgan fingerprint density at radius 3 is 2.56 bits per heavy atom. The Labute approximate surface area is 170 Å². The molecule has 0 spiro atoms. The molecule has 0 atom stereocenters. The van der Waals surface area contributed by atoms with Crippen molar-refractivity contribution < 1.29 is 4.39 Å². The monoisotopic (exact) mass is 427 g/mol. The molecule has 0 unspecified atom stereocenters. The van der Waals surface area contributed by atoms with Crippen LogP contribution < -0.4 is 0 Å². The SMILES string of the molecule is FCCCN1CC(Cc2ccc(C3=C(Br)CCCc4ccccc43)cc2)C1. The number of rotatable bonds is 6. The third kappa shape index (κ3) is 4.35. The summed E-state index contributed by atoms with van der Waals surface area (Å²) in [5.74, 6) is 0.722. The second kappa shape index (κ2) is 8.70. The van der Waals surface area contributed by atoms with Crippen molar-refractivity contribution in [1.82, 2.24) is 4.90 Å². The summed E-state index contributed by atoms with van der Waals surface area (Å²) in [5.41, 5.74) is 6.90. The minimum absolute atomic E-state index is 0.197. The van der Waals surface area contributed by atoms with Gasteiger partial charge in [0.1, 0.15) is 0 Å². The van der Waals surface area contributed by atoms with E-state index < -0.39 is 0 Å². The third-order valence-electron chi connectivity index (χ3n) is 5.81. The Hall–Kier alpha value is -1.45. The normalized spacial score (nSPS) is 18.1. The number of hydrogen-bond acceptors (Lipinski definition) is 1. The Balaban J connectivity index is 1.46. The zero-order chi connectivity index (χ0) is 18.6. The molecule has 2 aliphatic rings. The molecule has 1 saturated heterocycles. The predicted octanol–water partition coefficient (Wildman–Crippen LogP) is 6.01. The van der Waals surface area contributed by atoms with Gasteiger partial charge in [-0.2, -0.15) is 0 Å². The van der Waals surface area contributed by atoms with Crippen molar-refractivity contribution in [2.75, 3.05) is 26.3 Å². The summed E-state index contributed by atoms with van der Waals surface area (Å²) in [5, 5.41) is 0. The molecule has 1 aliphatic heterocycles. The highest BCUT2D eigenvalue weighted by molar-refractivity contribution is 9.11. The predicted molar refractivity (Wildman–Crippen MR) is 115 cm³/mol. The molecule has 142 valence electrons. The fraction of sp³-hybridized carbons (Fsp3) is 0.417. The molecule has 3 heteroatoms. The Morgan fingerprint density at radius 1 is 1.00 bits per heavy atom. The van der Waals surface area contributed by atoms with E-state index in [0.717, 1.165) is 44.8 Å². The smallest absolute Gasteiger partial charge is 0.0906 e. The molecule has 2 aromatic carbocycles. The topological polar surface area (TPSA) is 3.24 Å². The van der Waals surface area contributed by atoms with Crippen LogP contribution in [0.1, 0.15) is 41.5 Å². The summed E-state index contributed by atoms with van der Waals surface area (Å²) in [6.45, 7) is 2.95. The third-order valence-corrected chi connectivity index (χ3v) is 6.60. The largest absolute Gasteiger partial charge is 0.303 e. The molecular formula is C24H27BrFN. The molecule has 27 heavy (non-hydrogen) atoms. The van der Waals surface area contributed by atoms with Crippen LogP contribution in [0.4, 0.5) is 4.39 Å². The second-order valence-electron chi connectivity index (χ2n) is 7.86. The Bertz CT molecular complexity index is 805. The van der Waals surface area contributed by atoms with E-state index in [9.17, 15) is 4.39 Å². The summed E-state index contributed by atoms with van der Waals surface area (Å²) in [7, 11) is 0. The van der Waals surface area contributed by atoms with Gasteiger partial charge in [0.15, 0.2) is 0 Å². The molecule has 2 aromatic rings.